The van der Waals surface area contributed by atoms with Gasteiger partial charge in [-0.25, -0.2) is 0 Å². The summed E-state index contributed by atoms with van der Waals surface area (Å²) in [7, 11) is 1.08. The molecule has 32 heavy (non-hydrogen) atoms. The fraction of sp³-hybridized carbons (Fsp3) is 0.357. The van der Waals surface area contributed by atoms with Crippen molar-refractivity contribution in [2.24, 2.45) is 0 Å². The van der Waals surface area contributed by atoms with E-state index in [1.54, 1.807) is 0 Å². The number of halogens is 2. The third-order valence-electron chi connectivity index (χ3n) is 4.99. The van der Waals surface area contributed by atoms with E-state index in [2.05, 4.69) is 99.7 Å². The molecule has 0 heterocycles. The fourth-order valence-corrected chi connectivity index (χ4v) is 3.48. The number of fused-ring (bicyclic) bond motifs is 2. The van der Waals surface area contributed by atoms with Crippen LogP contribution in [0.3, 0.4) is 0 Å². The minimum absolute atomic E-state index is 0. The van der Waals surface area contributed by atoms with Gasteiger partial charge in [0.2, 0.25) is 0 Å². The molecule has 4 aromatic rings. The Morgan fingerprint density at radius 1 is 0.656 bits per heavy atom. The Morgan fingerprint density at radius 3 is 1.31 bits per heavy atom. The van der Waals surface area contributed by atoms with Crippen LogP contribution in [0.25, 0.3) is 21.5 Å². The second-order valence-electron chi connectivity index (χ2n) is 7.69. The Bertz CT molecular complexity index is 814. The number of unbranched alkanes of at least 4 members (excludes halogenated alkanes) is 2. The second kappa shape index (κ2) is 20.6. The van der Waals surface area contributed by atoms with Crippen molar-refractivity contribution in [2.45, 2.75) is 65.5 Å². The largest absolute Gasteiger partial charge is 4.00 e. The van der Waals surface area contributed by atoms with Crippen LogP contribution in [0.5, 0.6) is 0 Å². The number of rotatable bonds is 6. The van der Waals surface area contributed by atoms with Gasteiger partial charge < -0.3 is 48.0 Å². The van der Waals surface area contributed by atoms with Crippen molar-refractivity contribution in [3.63, 3.8) is 0 Å². The predicted octanol–water partition coefficient (Wildman–Crippen LogP) is 2.59. The molecule has 0 fully saturated rings. The number of aryl methyl sites for hydroxylation is 2. The van der Waals surface area contributed by atoms with Crippen LogP contribution in [-0.4, -0.2) is 9.52 Å². The zero-order valence-electron chi connectivity index (χ0n) is 19.9. The first-order valence-electron chi connectivity index (χ1n) is 11.1. The van der Waals surface area contributed by atoms with Gasteiger partial charge in [0, 0.05) is 9.52 Å². The van der Waals surface area contributed by atoms with Gasteiger partial charge in [0.15, 0.2) is 0 Å². The fourth-order valence-electron chi connectivity index (χ4n) is 3.48. The van der Waals surface area contributed by atoms with Crippen molar-refractivity contribution in [1.82, 2.24) is 0 Å². The van der Waals surface area contributed by atoms with Crippen LogP contribution in [0.15, 0.2) is 72.8 Å². The van der Waals surface area contributed by atoms with Gasteiger partial charge in [0.25, 0.3) is 0 Å². The monoisotopic (exact) mass is 744 g/mol. The first-order valence-corrected chi connectivity index (χ1v) is 13.1. The summed E-state index contributed by atoms with van der Waals surface area (Å²) in [5, 5.41) is 5.53. The van der Waals surface area contributed by atoms with E-state index in [4.69, 9.17) is 0 Å². The quantitative estimate of drug-likeness (QED) is 0.162. The van der Waals surface area contributed by atoms with E-state index in [1.807, 2.05) is 0 Å². The zero-order valence-corrected chi connectivity index (χ0v) is 27.7. The first kappa shape index (κ1) is 34.4. The molecule has 0 amide bonds. The molecule has 4 aromatic carbocycles. The van der Waals surface area contributed by atoms with Crippen LogP contribution >= 0.6 is 0 Å². The van der Waals surface area contributed by atoms with E-state index in [0.717, 1.165) is 9.52 Å². The van der Waals surface area contributed by atoms with Gasteiger partial charge in [0.05, 0.1) is 0 Å². The van der Waals surface area contributed by atoms with Crippen molar-refractivity contribution in [3.05, 3.63) is 83.9 Å². The SMILES string of the molecule is CCCCc1cc2ccccc2[cH-]1.CCCCc1cc2ccccc2[cH-]1.C[Si]C.[I-].[I-].[Zr+4]. The van der Waals surface area contributed by atoms with Crippen LogP contribution in [0.2, 0.25) is 13.1 Å². The number of benzene rings is 2. The van der Waals surface area contributed by atoms with Gasteiger partial charge in [-0.3, -0.25) is 0 Å². The number of hydrogen-bond acceptors (Lipinski definition) is 0. The van der Waals surface area contributed by atoms with Crippen molar-refractivity contribution in [2.75, 3.05) is 0 Å². The molecule has 2 radical (unpaired) electrons. The van der Waals surface area contributed by atoms with Crippen molar-refractivity contribution < 1.29 is 74.2 Å². The molecule has 0 aliphatic heterocycles. The Kier molecular flexibility index (Phi) is 22.1. The maximum Gasteiger partial charge on any atom is 4.00 e. The van der Waals surface area contributed by atoms with Crippen LogP contribution in [0.4, 0.5) is 0 Å². The third-order valence-corrected chi connectivity index (χ3v) is 4.99. The summed E-state index contributed by atoms with van der Waals surface area (Å²) in [6.07, 6.45) is 7.62. The molecule has 4 heteroatoms. The standard InChI is InChI=1S/2C13H15.C2H6Si.2HI.Zr/c2*1-2-3-6-11-9-12-7-4-5-8-13(12)10-11;1-3-2;;;/h2*4-5,7-10H,2-3,6H2,1H3;1-2H3;2*1H;/q2*-1;;;;+4/p-2. The van der Waals surface area contributed by atoms with Gasteiger partial charge in [-0.05, 0) is 12.8 Å². The van der Waals surface area contributed by atoms with E-state index < -0.39 is 0 Å². The Labute approximate surface area is 252 Å². The van der Waals surface area contributed by atoms with Gasteiger partial charge >= 0.3 is 26.2 Å². The van der Waals surface area contributed by atoms with Crippen LogP contribution < -0.4 is 48.0 Å². The Hall–Kier alpha value is 0.220. The average Bonchev–Trinajstić information content (AvgIpc) is 3.35. The topological polar surface area (TPSA) is 0 Å². The molecule has 0 aliphatic carbocycles. The summed E-state index contributed by atoms with van der Waals surface area (Å²) in [5.74, 6) is 0. The van der Waals surface area contributed by atoms with E-state index in [-0.39, 0.29) is 74.2 Å². The predicted molar refractivity (Wildman–Crippen MR) is 134 cm³/mol. The van der Waals surface area contributed by atoms with Crippen molar-refractivity contribution >= 4 is 31.1 Å². The van der Waals surface area contributed by atoms with Crippen molar-refractivity contribution in [3.8, 4) is 0 Å². The summed E-state index contributed by atoms with van der Waals surface area (Å²) in [6.45, 7) is 8.78. The molecule has 0 atom stereocenters. The molecule has 0 saturated heterocycles. The summed E-state index contributed by atoms with van der Waals surface area (Å²) in [4.78, 5) is 0. The van der Waals surface area contributed by atoms with Gasteiger partial charge in [0.1, 0.15) is 0 Å². The third kappa shape index (κ3) is 12.1. The molecule has 0 saturated carbocycles. The van der Waals surface area contributed by atoms with E-state index in [1.165, 1.54) is 71.2 Å². The summed E-state index contributed by atoms with van der Waals surface area (Å²) in [6, 6.07) is 26.4. The maximum absolute atomic E-state index is 2.31. The molecule has 0 spiro atoms. The molecule has 0 nitrogen and oxygen atoms in total. The molecule has 0 bridgehead atoms. The molecule has 4 rings (SSSR count). The summed E-state index contributed by atoms with van der Waals surface area (Å²) in [5.41, 5.74) is 2.98. The van der Waals surface area contributed by atoms with E-state index >= 15 is 0 Å². The first-order chi connectivity index (χ1) is 14.2. The van der Waals surface area contributed by atoms with Crippen LogP contribution in [0, 0.1) is 0 Å². The van der Waals surface area contributed by atoms with Crippen molar-refractivity contribution in [1.29, 1.82) is 0 Å². The van der Waals surface area contributed by atoms with Crippen LogP contribution in [0.1, 0.15) is 50.7 Å². The second-order valence-corrected chi connectivity index (χ2v) is 8.69. The minimum Gasteiger partial charge on any atom is -1.00 e. The van der Waals surface area contributed by atoms with Gasteiger partial charge in [-0.2, -0.15) is 12.1 Å². The molecule has 0 unspecified atom stereocenters. The zero-order chi connectivity index (χ0) is 20.9. The maximum atomic E-state index is 2.31. The molecule has 0 aromatic heterocycles. The molecular formula is C28H36I2SiZr. The Morgan fingerprint density at radius 2 is 1.00 bits per heavy atom. The van der Waals surface area contributed by atoms with E-state index in [0.29, 0.717) is 0 Å². The van der Waals surface area contributed by atoms with E-state index in [9.17, 15) is 0 Å². The summed E-state index contributed by atoms with van der Waals surface area (Å²) < 4.78 is 0. The Balaban J connectivity index is 0. The molecule has 0 N–H and O–H groups in total. The van der Waals surface area contributed by atoms with Crippen LogP contribution in [-0.2, 0) is 39.0 Å². The molecule has 0 aliphatic rings. The molecule has 170 valence electrons. The average molecular weight is 746 g/mol. The van der Waals surface area contributed by atoms with Gasteiger partial charge in [-0.1, -0.05) is 64.8 Å². The minimum atomic E-state index is 0. The molecular weight excluding hydrogens is 709 g/mol. The smallest absolute Gasteiger partial charge is 1.00 e. The van der Waals surface area contributed by atoms with Gasteiger partial charge in [-0.15, -0.1) is 81.2 Å². The normalized spacial score (nSPS) is 9.38. The number of hydrogen-bond donors (Lipinski definition) is 0. The summed E-state index contributed by atoms with van der Waals surface area (Å²) >= 11 is 0.